The Morgan fingerprint density at radius 1 is 1.06 bits per heavy atom. The van der Waals surface area contributed by atoms with Crippen molar-refractivity contribution in [3.8, 4) is 11.8 Å². The number of nitrogens with zero attached hydrogens (tertiary/aromatic N) is 1. The molecular weight excluding hydrogens is 513 g/mol. The van der Waals surface area contributed by atoms with Gasteiger partial charge in [-0.25, -0.2) is 13.6 Å². The zero-order chi connectivity index (χ0) is 25.8. The highest BCUT2D eigenvalue weighted by Crippen LogP contribution is 2.27. The van der Waals surface area contributed by atoms with Gasteiger partial charge in [0.25, 0.3) is 0 Å². The van der Waals surface area contributed by atoms with E-state index in [0.29, 0.717) is 11.3 Å². The molecule has 0 aliphatic carbocycles. The first kappa shape index (κ1) is 26.2. The number of halogens is 2. The van der Waals surface area contributed by atoms with Gasteiger partial charge >= 0.3 is 0 Å². The maximum Gasteiger partial charge on any atom is 0.238 e. The summed E-state index contributed by atoms with van der Waals surface area (Å²) >= 11 is 12.1. The van der Waals surface area contributed by atoms with Gasteiger partial charge in [-0.3, -0.25) is 9.59 Å². The molecule has 3 N–H and O–H groups in total. The molecule has 180 valence electrons. The van der Waals surface area contributed by atoms with Gasteiger partial charge in [-0.05, 0) is 67.1 Å². The number of anilines is 1. The van der Waals surface area contributed by atoms with E-state index in [1.807, 2.05) is 6.07 Å². The summed E-state index contributed by atoms with van der Waals surface area (Å²) in [5, 5.41) is 17.7. The summed E-state index contributed by atoms with van der Waals surface area (Å²) in [6, 6.07) is 14.9. The molecule has 35 heavy (non-hydrogen) atoms. The molecule has 0 atom stereocenters. The number of nitriles is 1. The lowest BCUT2D eigenvalue weighted by Crippen LogP contribution is -2.22. The van der Waals surface area contributed by atoms with Crippen molar-refractivity contribution in [3.05, 3.63) is 86.9 Å². The first-order valence-electron chi connectivity index (χ1n) is 10.0. The number of hydrogen-bond acceptors (Lipinski definition) is 7. The number of benzene rings is 3. The lowest BCUT2D eigenvalue weighted by molar-refractivity contribution is -0.119. The van der Waals surface area contributed by atoms with Gasteiger partial charge < -0.3 is 10.1 Å². The highest BCUT2D eigenvalue weighted by molar-refractivity contribution is 7.89. The van der Waals surface area contributed by atoms with E-state index in [1.54, 1.807) is 6.92 Å². The Kier molecular flexibility index (Phi) is 8.14. The molecule has 0 saturated heterocycles. The molecule has 3 aromatic carbocycles. The van der Waals surface area contributed by atoms with Crippen molar-refractivity contribution in [1.29, 1.82) is 5.26 Å². The third-order valence-corrected chi connectivity index (χ3v) is 6.23. The van der Waals surface area contributed by atoms with E-state index in [2.05, 4.69) is 5.32 Å². The lowest BCUT2D eigenvalue weighted by Gasteiger charge is -2.13. The Morgan fingerprint density at radius 2 is 1.80 bits per heavy atom. The van der Waals surface area contributed by atoms with Crippen LogP contribution in [0.5, 0.6) is 5.75 Å². The molecule has 0 radical (unpaired) electrons. The van der Waals surface area contributed by atoms with Crippen molar-refractivity contribution < 1.29 is 22.7 Å². The summed E-state index contributed by atoms with van der Waals surface area (Å²) in [6.45, 7) is 1.23. The number of carbonyl (C=O) groups is 2. The van der Waals surface area contributed by atoms with Crippen molar-refractivity contribution in [3.63, 3.8) is 0 Å². The minimum absolute atomic E-state index is 0.0308. The topological polar surface area (TPSA) is 139 Å². The van der Waals surface area contributed by atoms with Gasteiger partial charge in [0.2, 0.25) is 10.0 Å². The van der Waals surface area contributed by atoms with Gasteiger partial charge in [0.15, 0.2) is 11.6 Å². The molecule has 0 saturated carbocycles. The zero-order valence-electron chi connectivity index (χ0n) is 18.3. The predicted molar refractivity (Wildman–Crippen MR) is 133 cm³/mol. The first-order chi connectivity index (χ1) is 16.5. The number of primary sulfonamides is 1. The van der Waals surface area contributed by atoms with E-state index in [1.165, 1.54) is 54.6 Å². The first-order valence-corrected chi connectivity index (χ1v) is 12.3. The smallest absolute Gasteiger partial charge is 0.238 e. The minimum Gasteiger partial charge on any atom is -0.485 e. The van der Waals surface area contributed by atoms with Crippen LogP contribution in [0.2, 0.25) is 10.0 Å². The van der Waals surface area contributed by atoms with Crippen molar-refractivity contribution in [2.75, 3.05) is 18.5 Å². The number of Topliss-reactive ketones (excluding diaryl/α,β-unsaturated/α-hetero) is 1. The number of carbonyl (C=O) groups excluding carboxylic acids is 2. The number of nitrogens with one attached hydrogen (secondary N) is 1. The Balaban J connectivity index is 1.71. The molecule has 0 aromatic heterocycles. The molecule has 0 aliphatic rings. The summed E-state index contributed by atoms with van der Waals surface area (Å²) in [7, 11) is -3.83. The average molecular weight is 532 g/mol. The summed E-state index contributed by atoms with van der Waals surface area (Å²) in [5.41, 5.74) is 1.65. The van der Waals surface area contributed by atoms with Crippen LogP contribution in [0.4, 0.5) is 5.69 Å². The second-order valence-corrected chi connectivity index (χ2v) is 9.95. The zero-order valence-corrected chi connectivity index (χ0v) is 20.7. The number of hydrogen-bond donors (Lipinski definition) is 2. The van der Waals surface area contributed by atoms with Crippen LogP contribution < -0.4 is 15.2 Å². The van der Waals surface area contributed by atoms with Crippen LogP contribution >= 0.6 is 23.2 Å². The number of ketones is 2. The van der Waals surface area contributed by atoms with E-state index in [0.717, 1.165) is 0 Å². The predicted octanol–water partition coefficient (Wildman–Crippen LogP) is 4.11. The molecule has 0 fully saturated rings. The van der Waals surface area contributed by atoms with Gasteiger partial charge in [-0.15, -0.1) is 0 Å². The van der Waals surface area contributed by atoms with E-state index in [9.17, 15) is 18.0 Å². The third-order valence-electron chi connectivity index (χ3n) is 4.87. The van der Waals surface area contributed by atoms with Gasteiger partial charge in [0.05, 0.1) is 28.6 Å². The molecule has 3 rings (SSSR count). The van der Waals surface area contributed by atoms with Crippen LogP contribution in [-0.4, -0.2) is 33.1 Å². The molecule has 0 amide bonds. The number of rotatable bonds is 9. The van der Waals surface area contributed by atoms with Gasteiger partial charge in [0, 0.05) is 21.3 Å². The molecule has 8 nitrogen and oxygen atoms in total. The second-order valence-electron chi connectivity index (χ2n) is 7.51. The maximum atomic E-state index is 13.1. The van der Waals surface area contributed by atoms with Gasteiger partial charge in [-0.2, -0.15) is 5.26 Å². The number of nitrogens with two attached hydrogens (primary N) is 1. The molecule has 0 aliphatic heterocycles. The van der Waals surface area contributed by atoms with E-state index < -0.39 is 15.8 Å². The molecule has 0 unspecified atom stereocenters. The normalized spacial score (nSPS) is 10.9. The molecule has 0 heterocycles. The monoisotopic (exact) mass is 531 g/mol. The quantitative estimate of drug-likeness (QED) is 0.396. The summed E-state index contributed by atoms with van der Waals surface area (Å²) < 4.78 is 28.5. The highest BCUT2D eigenvalue weighted by Gasteiger charge is 2.18. The molecule has 0 bridgehead atoms. The Bertz CT molecular complexity index is 1470. The molecule has 3 aromatic rings. The SMILES string of the molecule is Cc1cc(S(N)(=O)=O)ccc1NCC(=O)COc1ccc(Cl)cc1C(=O)c1cc(Cl)cc(C#N)c1. The fraction of sp³-hybridized carbons (Fsp3) is 0.125. The van der Waals surface area contributed by atoms with Crippen molar-refractivity contribution in [2.24, 2.45) is 5.14 Å². The van der Waals surface area contributed by atoms with Crippen molar-refractivity contribution >= 4 is 50.5 Å². The summed E-state index contributed by atoms with van der Waals surface area (Å²) in [6.07, 6.45) is 0. The fourth-order valence-corrected chi connectivity index (χ4v) is 4.17. The van der Waals surface area contributed by atoms with Crippen LogP contribution in [-0.2, 0) is 14.8 Å². The van der Waals surface area contributed by atoms with Crippen LogP contribution in [0, 0.1) is 18.3 Å². The standard InChI is InChI=1S/C24H19Cl2N3O5S/c1-14-6-20(35(28,32)33)3-4-22(14)29-12-19(30)13-34-23-5-2-17(25)10-21(23)24(31)16-7-15(11-27)8-18(26)9-16/h2-10,29H,12-13H2,1H3,(H2,28,32,33). The van der Waals surface area contributed by atoms with Crippen LogP contribution in [0.15, 0.2) is 59.5 Å². The summed E-state index contributed by atoms with van der Waals surface area (Å²) in [5.74, 6) is -0.666. The average Bonchev–Trinajstić information content (AvgIpc) is 2.80. The Labute approximate surface area is 212 Å². The van der Waals surface area contributed by atoms with Crippen molar-refractivity contribution in [1.82, 2.24) is 0 Å². The van der Waals surface area contributed by atoms with Gasteiger partial charge in [-0.1, -0.05) is 23.2 Å². The largest absolute Gasteiger partial charge is 0.485 e. The van der Waals surface area contributed by atoms with Crippen LogP contribution in [0.3, 0.4) is 0 Å². The molecular formula is C24H19Cl2N3O5S. The van der Waals surface area contributed by atoms with Crippen molar-refractivity contribution in [2.45, 2.75) is 11.8 Å². The third kappa shape index (κ3) is 6.81. The second kappa shape index (κ2) is 10.9. The Morgan fingerprint density at radius 3 is 2.46 bits per heavy atom. The van der Waals surface area contributed by atoms with E-state index in [-0.39, 0.29) is 56.3 Å². The van der Waals surface area contributed by atoms with Crippen LogP contribution in [0.1, 0.15) is 27.0 Å². The van der Waals surface area contributed by atoms with Gasteiger partial charge in [0.1, 0.15) is 12.4 Å². The summed E-state index contributed by atoms with van der Waals surface area (Å²) in [4.78, 5) is 25.4. The van der Waals surface area contributed by atoms with E-state index in [4.69, 9.17) is 38.3 Å². The van der Waals surface area contributed by atoms with Crippen LogP contribution in [0.25, 0.3) is 0 Å². The highest BCUT2D eigenvalue weighted by atomic mass is 35.5. The maximum absolute atomic E-state index is 13.1. The minimum atomic E-state index is -3.83. The number of aryl methyl sites for hydroxylation is 1. The lowest BCUT2D eigenvalue weighted by atomic mass is 10.0. The number of sulfonamides is 1. The fourth-order valence-electron chi connectivity index (χ4n) is 3.16. The Hall–Kier alpha value is -3.42. The molecule has 11 heteroatoms. The molecule has 0 spiro atoms. The van der Waals surface area contributed by atoms with E-state index >= 15 is 0 Å². The number of ether oxygens (including phenoxy) is 1.